The van der Waals surface area contributed by atoms with E-state index < -0.39 is 12.1 Å². The molecule has 336 valence electrons. The van der Waals surface area contributed by atoms with E-state index in [1.807, 2.05) is 91.1 Å². The van der Waals surface area contributed by atoms with E-state index in [0.29, 0.717) is 17.5 Å². The number of phenols is 2. The van der Waals surface area contributed by atoms with Crippen LogP contribution in [0.5, 0.6) is 11.5 Å². The first-order valence-electron chi connectivity index (χ1n) is 23.9. The topological polar surface area (TPSA) is 65.2 Å². The Morgan fingerprint density at radius 1 is 0.343 bits per heavy atom. The number of aromatic hydroxyl groups is 2. The Bertz CT molecular complexity index is 3680. The van der Waals surface area contributed by atoms with Crippen molar-refractivity contribution in [3.05, 3.63) is 287 Å². The van der Waals surface area contributed by atoms with Crippen molar-refractivity contribution in [2.24, 2.45) is 9.98 Å². The zero-order valence-corrected chi connectivity index (χ0v) is 38.6. The zero-order valence-electron chi connectivity index (χ0n) is 38.6. The monoisotopic (exact) mass is 902 g/mol. The molecule has 70 heavy (non-hydrogen) atoms. The third-order valence-corrected chi connectivity index (χ3v) is 13.5. The van der Waals surface area contributed by atoms with Crippen molar-refractivity contribution in [1.29, 1.82) is 0 Å². The van der Waals surface area contributed by atoms with Crippen molar-refractivity contribution in [2.45, 2.75) is 24.9 Å². The van der Waals surface area contributed by atoms with Crippen LogP contribution in [0.15, 0.2) is 253 Å². The second-order valence-corrected chi connectivity index (χ2v) is 17.9. The summed E-state index contributed by atoms with van der Waals surface area (Å²) in [5.41, 5.74) is 11.3. The van der Waals surface area contributed by atoms with Crippen molar-refractivity contribution >= 4 is 44.7 Å². The average molecular weight is 903 g/mol. The molecule has 2 N–H and O–H groups in total. The zero-order chi connectivity index (χ0) is 47.2. The van der Waals surface area contributed by atoms with E-state index in [4.69, 9.17) is 9.98 Å². The molecule has 0 saturated carbocycles. The summed E-state index contributed by atoms with van der Waals surface area (Å²) < 4.78 is 0. The fourth-order valence-electron chi connectivity index (χ4n) is 10.1. The number of hydrogen-bond donors (Lipinski definition) is 2. The molecule has 4 nitrogen and oxygen atoms in total. The van der Waals surface area contributed by atoms with Gasteiger partial charge >= 0.3 is 0 Å². The maximum Gasteiger partial charge on any atom is 0.132 e. The van der Waals surface area contributed by atoms with Crippen LogP contribution in [0.4, 0.5) is 0 Å². The number of para-hydroxylation sites is 1. The van der Waals surface area contributed by atoms with Crippen LogP contribution in [0.2, 0.25) is 0 Å². The van der Waals surface area contributed by atoms with Crippen LogP contribution < -0.4 is 0 Å². The van der Waals surface area contributed by atoms with Gasteiger partial charge in [-0.25, -0.2) is 0 Å². The van der Waals surface area contributed by atoms with E-state index in [1.165, 1.54) is 11.1 Å². The lowest BCUT2D eigenvalue weighted by Crippen LogP contribution is -2.09. The predicted octanol–water partition coefficient (Wildman–Crippen LogP) is 16.1. The highest BCUT2D eigenvalue weighted by Gasteiger charge is 2.25. The van der Waals surface area contributed by atoms with Crippen LogP contribution in [-0.2, 0) is 12.8 Å². The van der Waals surface area contributed by atoms with Gasteiger partial charge in [0.05, 0.1) is 0 Å². The van der Waals surface area contributed by atoms with Gasteiger partial charge in [0, 0.05) is 34.7 Å². The third kappa shape index (κ3) is 8.87. The molecule has 0 bridgehead atoms. The fourth-order valence-corrected chi connectivity index (χ4v) is 10.1. The molecule has 4 heteroatoms. The predicted molar refractivity (Wildman–Crippen MR) is 292 cm³/mol. The standard InChI is InChI=1S/C66H50N2O2/c69-65-54(31-19-35-59(65)60-52(40-45-20-5-1-6-21-45)38-36-47-24-13-16-32-56(47)60)43-67-63(49-26-9-3-10-27-49)64(50-28-11-4-12-29-50)68-44-55-42-51-30-15-18-34-58(51)62(66(55)70)61-53(41-46-22-7-2-8-23-46)39-37-48-25-14-17-33-57(48)61/h1-39,42-44,63-64,69-70H,40-41H2/t63-,64-/m0/s1. The molecule has 0 heterocycles. The summed E-state index contributed by atoms with van der Waals surface area (Å²) in [6, 6.07) is 82.1. The van der Waals surface area contributed by atoms with Crippen molar-refractivity contribution in [3.63, 3.8) is 0 Å². The van der Waals surface area contributed by atoms with Crippen LogP contribution in [0.25, 0.3) is 54.6 Å². The summed E-state index contributed by atoms with van der Waals surface area (Å²) >= 11 is 0. The molecular formula is C66H50N2O2. The van der Waals surface area contributed by atoms with E-state index in [-0.39, 0.29) is 11.5 Å². The van der Waals surface area contributed by atoms with Crippen LogP contribution in [-0.4, -0.2) is 22.6 Å². The molecule has 11 aromatic rings. The summed E-state index contributed by atoms with van der Waals surface area (Å²) in [5.74, 6) is 0.332. The SMILES string of the molecule is Oc1c(C=N[C@@H](c2ccccc2)[C@@H](N=Cc2cc3ccccc3c(-c3c(Cc4ccccc4)ccc4ccccc34)c2O)c2ccccc2)cccc1-c1c(Cc2ccccc2)ccc2ccccc12. The molecule has 0 radical (unpaired) electrons. The molecule has 0 aromatic heterocycles. The highest BCUT2D eigenvalue weighted by molar-refractivity contribution is 6.11. The fraction of sp³-hybridized carbons (Fsp3) is 0.0606. The highest BCUT2D eigenvalue weighted by atomic mass is 16.3. The van der Waals surface area contributed by atoms with Crippen molar-refractivity contribution in [3.8, 4) is 33.8 Å². The Kier molecular flexibility index (Phi) is 12.3. The molecule has 0 amide bonds. The lowest BCUT2D eigenvalue weighted by Gasteiger charge is -2.23. The summed E-state index contributed by atoms with van der Waals surface area (Å²) in [5, 5.41) is 31.4. The molecule has 0 aliphatic heterocycles. The molecule has 0 unspecified atom stereocenters. The van der Waals surface area contributed by atoms with Gasteiger partial charge in [-0.2, -0.15) is 0 Å². The minimum Gasteiger partial charge on any atom is -0.507 e. The number of nitrogens with zero attached hydrogens (tertiary/aromatic N) is 2. The molecule has 0 aliphatic carbocycles. The van der Waals surface area contributed by atoms with Gasteiger partial charge in [-0.3, -0.25) is 9.98 Å². The second-order valence-electron chi connectivity index (χ2n) is 17.9. The largest absolute Gasteiger partial charge is 0.507 e. The Labute approximate surface area is 408 Å². The number of rotatable bonds is 13. The summed E-state index contributed by atoms with van der Waals surface area (Å²) in [6.45, 7) is 0. The van der Waals surface area contributed by atoms with Crippen LogP contribution in [0.3, 0.4) is 0 Å². The molecule has 0 saturated heterocycles. The van der Waals surface area contributed by atoms with E-state index in [9.17, 15) is 10.2 Å². The number of phenolic OH excluding ortho intramolecular Hbond substituents is 2. The minimum absolute atomic E-state index is 0.164. The highest BCUT2D eigenvalue weighted by Crippen LogP contribution is 2.45. The smallest absolute Gasteiger partial charge is 0.132 e. The van der Waals surface area contributed by atoms with Gasteiger partial charge in [0.1, 0.15) is 23.6 Å². The van der Waals surface area contributed by atoms with Crippen LogP contribution >= 0.6 is 0 Å². The van der Waals surface area contributed by atoms with Crippen LogP contribution in [0, 0.1) is 0 Å². The Morgan fingerprint density at radius 3 is 1.31 bits per heavy atom. The van der Waals surface area contributed by atoms with Gasteiger partial charge in [0.25, 0.3) is 0 Å². The summed E-state index contributed by atoms with van der Waals surface area (Å²) in [7, 11) is 0. The average Bonchev–Trinajstić information content (AvgIpc) is 3.41. The first kappa shape index (κ1) is 43.7. The van der Waals surface area contributed by atoms with E-state index >= 15 is 0 Å². The van der Waals surface area contributed by atoms with Crippen LogP contribution in [0.1, 0.15) is 56.6 Å². The molecule has 0 spiro atoms. The van der Waals surface area contributed by atoms with Gasteiger partial charge in [0.15, 0.2) is 0 Å². The van der Waals surface area contributed by atoms with Gasteiger partial charge in [-0.15, -0.1) is 0 Å². The minimum atomic E-state index is -0.513. The normalized spacial score (nSPS) is 12.6. The van der Waals surface area contributed by atoms with Gasteiger partial charge in [-0.1, -0.05) is 231 Å². The van der Waals surface area contributed by atoms with Gasteiger partial charge < -0.3 is 10.2 Å². The van der Waals surface area contributed by atoms with Crippen molar-refractivity contribution < 1.29 is 10.2 Å². The summed E-state index contributed by atoms with van der Waals surface area (Å²) in [4.78, 5) is 10.8. The molecule has 2 atom stereocenters. The molecular weight excluding hydrogens is 853 g/mol. The lowest BCUT2D eigenvalue weighted by molar-refractivity contribution is 0.476. The maximum absolute atomic E-state index is 12.8. The second kappa shape index (κ2) is 19.8. The quantitative estimate of drug-likeness (QED) is 0.113. The van der Waals surface area contributed by atoms with Gasteiger partial charge in [0.2, 0.25) is 0 Å². The summed E-state index contributed by atoms with van der Waals surface area (Å²) in [6.07, 6.45) is 5.04. The Hall–Kier alpha value is -8.86. The molecule has 11 rings (SSSR count). The number of benzene rings is 11. The van der Waals surface area contributed by atoms with E-state index in [1.54, 1.807) is 6.21 Å². The van der Waals surface area contributed by atoms with E-state index in [0.717, 1.165) is 83.2 Å². The third-order valence-electron chi connectivity index (χ3n) is 13.5. The number of fused-ring (bicyclic) bond motifs is 3. The van der Waals surface area contributed by atoms with Crippen molar-refractivity contribution in [2.75, 3.05) is 0 Å². The molecule has 0 fully saturated rings. The molecule has 11 aromatic carbocycles. The first-order valence-corrected chi connectivity index (χ1v) is 23.9. The maximum atomic E-state index is 12.8. The number of hydrogen-bond acceptors (Lipinski definition) is 4. The van der Waals surface area contributed by atoms with E-state index in [2.05, 4.69) is 158 Å². The Morgan fingerprint density at radius 2 is 0.771 bits per heavy atom. The number of aliphatic imine (C=N–C) groups is 2. The molecule has 0 aliphatic rings. The lowest BCUT2D eigenvalue weighted by atomic mass is 9.86. The van der Waals surface area contributed by atoms with Crippen molar-refractivity contribution in [1.82, 2.24) is 0 Å². The Balaban J connectivity index is 1.04. The first-order chi connectivity index (χ1) is 34.6. The van der Waals surface area contributed by atoms with Gasteiger partial charge in [-0.05, 0) is 102 Å².